The molecule has 7 nitrogen and oxygen atoms in total. The van der Waals surface area contributed by atoms with Crippen molar-refractivity contribution in [1.82, 2.24) is 15.1 Å². The quantitative estimate of drug-likeness (QED) is 0.281. The Labute approximate surface area is 92.9 Å². The molecule has 0 bridgehead atoms. The Hall–Kier alpha value is -2.05. The van der Waals surface area contributed by atoms with Crippen molar-refractivity contribution in [1.29, 1.82) is 0 Å². The smallest absolute Gasteiger partial charge is 0.255 e. The highest BCUT2D eigenvalue weighted by molar-refractivity contribution is 5.98. The van der Waals surface area contributed by atoms with Crippen LogP contribution < -0.4 is 11.1 Å². The molecule has 0 saturated heterocycles. The van der Waals surface area contributed by atoms with E-state index in [1.807, 2.05) is 0 Å². The minimum atomic E-state index is -0.530. The summed E-state index contributed by atoms with van der Waals surface area (Å²) in [6, 6.07) is -0.530. The molecule has 7 heteroatoms. The van der Waals surface area contributed by atoms with Crippen LogP contribution in [0.5, 0.6) is 0 Å². The minimum absolute atomic E-state index is 0.0464. The van der Waals surface area contributed by atoms with Crippen molar-refractivity contribution < 1.29 is 10.0 Å². The van der Waals surface area contributed by atoms with Crippen molar-refractivity contribution >= 4 is 11.7 Å². The monoisotopic (exact) mass is 225 g/mol. The van der Waals surface area contributed by atoms with Crippen molar-refractivity contribution in [2.24, 2.45) is 17.9 Å². The first-order valence-electron chi connectivity index (χ1n) is 4.74. The molecule has 0 fully saturated rings. The highest BCUT2D eigenvalue weighted by Gasteiger charge is 2.16. The van der Waals surface area contributed by atoms with Gasteiger partial charge in [-0.15, -0.1) is 0 Å². The van der Waals surface area contributed by atoms with Crippen LogP contribution in [0.2, 0.25) is 0 Å². The predicted molar refractivity (Wildman–Crippen MR) is 58.3 cm³/mol. The van der Waals surface area contributed by atoms with Crippen molar-refractivity contribution in [3.8, 4) is 0 Å². The summed E-state index contributed by atoms with van der Waals surface area (Å²) < 4.78 is 1.60. The zero-order chi connectivity index (χ0) is 12.3. The Morgan fingerprint density at radius 2 is 2.38 bits per heavy atom. The van der Waals surface area contributed by atoms with Crippen molar-refractivity contribution in [2.75, 3.05) is 0 Å². The third-order valence-electron chi connectivity index (χ3n) is 2.39. The van der Waals surface area contributed by atoms with Gasteiger partial charge in [0, 0.05) is 12.7 Å². The zero-order valence-electron chi connectivity index (χ0n) is 9.43. The molecule has 1 aromatic heterocycles. The third kappa shape index (κ3) is 2.30. The van der Waals surface area contributed by atoms with Gasteiger partial charge in [-0.2, -0.15) is 5.10 Å². The van der Waals surface area contributed by atoms with E-state index in [4.69, 9.17) is 10.9 Å². The van der Waals surface area contributed by atoms with Gasteiger partial charge in [0.05, 0.1) is 17.8 Å². The number of oxime groups is 1. The first kappa shape index (κ1) is 12.0. The Bertz CT molecular complexity index is 424. The summed E-state index contributed by atoms with van der Waals surface area (Å²) in [6.45, 7) is 3.41. The van der Waals surface area contributed by atoms with Gasteiger partial charge in [-0.05, 0) is 13.8 Å². The van der Waals surface area contributed by atoms with Crippen LogP contribution in [0.4, 0.5) is 0 Å². The SMILES string of the molecule is Cc1c(C(=O)NC(C)/C(N)=N/O)cnn1C. The number of amides is 1. The minimum Gasteiger partial charge on any atom is -0.409 e. The number of aryl methyl sites for hydroxylation is 1. The number of hydrogen-bond donors (Lipinski definition) is 3. The molecule has 4 N–H and O–H groups in total. The lowest BCUT2D eigenvalue weighted by atomic mass is 10.2. The number of carbonyl (C=O) groups excluding carboxylic acids is 1. The molecule has 0 aliphatic heterocycles. The van der Waals surface area contributed by atoms with Gasteiger partial charge in [0.2, 0.25) is 0 Å². The standard InChI is InChI=1S/C9H15N5O2/c1-5(8(10)13-16)12-9(15)7-4-11-14(3)6(7)2/h4-5,16H,1-3H3,(H2,10,13)(H,12,15). The number of aromatic nitrogens is 2. The topological polar surface area (TPSA) is 106 Å². The van der Waals surface area contributed by atoms with Crippen LogP contribution in [0.3, 0.4) is 0 Å². The summed E-state index contributed by atoms with van der Waals surface area (Å²) in [5.74, 6) is -0.348. The number of amidine groups is 1. The average molecular weight is 225 g/mol. The van der Waals surface area contributed by atoms with Gasteiger partial charge in [-0.1, -0.05) is 5.16 Å². The molecule has 88 valence electrons. The normalized spacial score (nSPS) is 13.6. The average Bonchev–Trinajstić information content (AvgIpc) is 2.58. The first-order chi connectivity index (χ1) is 7.47. The van der Waals surface area contributed by atoms with Gasteiger partial charge in [0.15, 0.2) is 5.84 Å². The molecule has 1 heterocycles. The van der Waals surface area contributed by atoms with Crippen LogP contribution in [-0.4, -0.2) is 32.8 Å². The van der Waals surface area contributed by atoms with E-state index >= 15 is 0 Å². The lowest BCUT2D eigenvalue weighted by Crippen LogP contribution is -2.42. The van der Waals surface area contributed by atoms with Crippen LogP contribution in [0, 0.1) is 6.92 Å². The molecule has 16 heavy (non-hydrogen) atoms. The second-order valence-corrected chi connectivity index (χ2v) is 3.49. The molecule has 1 rings (SSSR count). The van der Waals surface area contributed by atoms with Crippen LogP contribution in [0.15, 0.2) is 11.4 Å². The molecule has 0 radical (unpaired) electrons. The van der Waals surface area contributed by atoms with Gasteiger partial charge >= 0.3 is 0 Å². The second-order valence-electron chi connectivity index (χ2n) is 3.49. The second kappa shape index (κ2) is 4.65. The maximum absolute atomic E-state index is 11.8. The number of rotatable bonds is 3. The van der Waals surface area contributed by atoms with Gasteiger partial charge in [-0.25, -0.2) is 0 Å². The van der Waals surface area contributed by atoms with E-state index in [2.05, 4.69) is 15.6 Å². The molecule has 0 aliphatic rings. The number of nitrogens with zero attached hydrogens (tertiary/aromatic N) is 3. The number of hydrogen-bond acceptors (Lipinski definition) is 4. The lowest BCUT2D eigenvalue weighted by molar-refractivity contribution is 0.0948. The van der Waals surface area contributed by atoms with E-state index in [0.29, 0.717) is 5.56 Å². The fourth-order valence-electron chi connectivity index (χ4n) is 1.16. The van der Waals surface area contributed by atoms with Gasteiger partial charge in [-0.3, -0.25) is 9.48 Å². The fraction of sp³-hybridized carbons (Fsp3) is 0.444. The van der Waals surface area contributed by atoms with E-state index in [0.717, 1.165) is 5.69 Å². The number of nitrogens with two attached hydrogens (primary N) is 1. The maximum Gasteiger partial charge on any atom is 0.255 e. The summed E-state index contributed by atoms with van der Waals surface area (Å²) in [7, 11) is 1.75. The van der Waals surface area contributed by atoms with Gasteiger partial charge < -0.3 is 16.3 Å². The molecule has 0 aromatic carbocycles. The van der Waals surface area contributed by atoms with Gasteiger partial charge in [0.25, 0.3) is 5.91 Å². The van der Waals surface area contributed by atoms with Gasteiger partial charge in [0.1, 0.15) is 0 Å². The molecule has 1 aromatic rings. The predicted octanol–water partition coefficient (Wildman–Crippen LogP) is -0.407. The summed E-state index contributed by atoms with van der Waals surface area (Å²) in [5, 5.41) is 17.8. The molecule has 1 atom stereocenters. The Balaban J connectivity index is 2.77. The van der Waals surface area contributed by atoms with E-state index in [1.165, 1.54) is 6.20 Å². The lowest BCUT2D eigenvalue weighted by Gasteiger charge is -2.11. The number of carbonyl (C=O) groups is 1. The van der Waals surface area contributed by atoms with Crippen LogP contribution in [0.1, 0.15) is 23.0 Å². The Morgan fingerprint density at radius 1 is 1.75 bits per heavy atom. The molecular formula is C9H15N5O2. The number of nitrogens with one attached hydrogen (secondary N) is 1. The molecule has 0 spiro atoms. The van der Waals surface area contributed by atoms with E-state index < -0.39 is 6.04 Å². The van der Waals surface area contributed by atoms with Crippen LogP contribution >= 0.6 is 0 Å². The third-order valence-corrected chi connectivity index (χ3v) is 2.39. The highest BCUT2D eigenvalue weighted by atomic mass is 16.4. The fourth-order valence-corrected chi connectivity index (χ4v) is 1.16. The Kier molecular flexibility index (Phi) is 3.49. The summed E-state index contributed by atoms with van der Waals surface area (Å²) >= 11 is 0. The van der Waals surface area contributed by atoms with E-state index in [1.54, 1.807) is 25.6 Å². The van der Waals surface area contributed by atoms with Crippen molar-refractivity contribution in [3.05, 3.63) is 17.5 Å². The van der Waals surface area contributed by atoms with Crippen molar-refractivity contribution in [3.63, 3.8) is 0 Å². The Morgan fingerprint density at radius 3 is 2.81 bits per heavy atom. The molecule has 1 unspecified atom stereocenters. The summed E-state index contributed by atoms with van der Waals surface area (Å²) in [5.41, 5.74) is 6.58. The molecule has 0 saturated carbocycles. The first-order valence-corrected chi connectivity index (χ1v) is 4.74. The summed E-state index contributed by atoms with van der Waals surface area (Å²) in [4.78, 5) is 11.8. The molecular weight excluding hydrogens is 210 g/mol. The molecule has 0 aliphatic carbocycles. The van der Waals surface area contributed by atoms with E-state index in [9.17, 15) is 4.79 Å². The zero-order valence-corrected chi connectivity index (χ0v) is 9.43. The largest absolute Gasteiger partial charge is 0.409 e. The van der Waals surface area contributed by atoms with Crippen LogP contribution in [-0.2, 0) is 7.05 Å². The van der Waals surface area contributed by atoms with Crippen LogP contribution in [0.25, 0.3) is 0 Å². The summed E-state index contributed by atoms with van der Waals surface area (Å²) in [6.07, 6.45) is 1.48. The van der Waals surface area contributed by atoms with E-state index in [-0.39, 0.29) is 11.7 Å². The maximum atomic E-state index is 11.8. The highest BCUT2D eigenvalue weighted by Crippen LogP contribution is 2.05. The van der Waals surface area contributed by atoms with Crippen molar-refractivity contribution in [2.45, 2.75) is 19.9 Å². The molecule has 1 amide bonds.